The molecule has 0 N–H and O–H groups in total. The molecule has 0 fully saturated rings. The Morgan fingerprint density at radius 2 is 1.86 bits per heavy atom. The smallest absolute Gasteiger partial charge is 0.336 e. The lowest BCUT2D eigenvalue weighted by atomic mass is 10.2. The molecule has 0 atom stereocenters. The van der Waals surface area contributed by atoms with Gasteiger partial charge in [-0.3, -0.25) is 4.79 Å². The molecule has 0 amide bonds. The largest absolute Gasteiger partial charge is 0.497 e. The molecule has 0 unspecified atom stereocenters. The second-order valence-corrected chi connectivity index (χ2v) is 4.76. The standard InChI is InChI=1S/C17H13ClO4/c1-21-15-6-2-12(3-7-15)4-9-17(20)22-16-8-5-14(18)10-13(16)11-19/h2-11H,1H3. The monoisotopic (exact) mass is 316 g/mol. The Morgan fingerprint density at radius 3 is 2.50 bits per heavy atom. The molecule has 2 rings (SSSR count). The van der Waals surface area contributed by atoms with E-state index >= 15 is 0 Å². The highest BCUT2D eigenvalue weighted by Gasteiger charge is 2.07. The van der Waals surface area contributed by atoms with Gasteiger partial charge in [0.15, 0.2) is 6.29 Å². The summed E-state index contributed by atoms with van der Waals surface area (Å²) in [5, 5.41) is 0.399. The molecule has 0 heterocycles. The van der Waals surface area contributed by atoms with Crippen molar-refractivity contribution < 1.29 is 19.1 Å². The van der Waals surface area contributed by atoms with Crippen molar-refractivity contribution in [2.24, 2.45) is 0 Å². The Bertz CT molecular complexity index is 705. The summed E-state index contributed by atoms with van der Waals surface area (Å²) in [6, 6.07) is 11.6. The van der Waals surface area contributed by atoms with Crippen LogP contribution < -0.4 is 9.47 Å². The molecule has 0 aliphatic heterocycles. The number of carbonyl (C=O) groups is 2. The molecular formula is C17H13ClO4. The average molecular weight is 317 g/mol. The third kappa shape index (κ3) is 4.20. The highest BCUT2D eigenvalue weighted by Crippen LogP contribution is 2.21. The van der Waals surface area contributed by atoms with Crippen molar-refractivity contribution in [1.29, 1.82) is 0 Å². The van der Waals surface area contributed by atoms with Crippen LogP contribution in [0.4, 0.5) is 0 Å². The van der Waals surface area contributed by atoms with E-state index in [2.05, 4.69) is 0 Å². The van der Waals surface area contributed by atoms with Gasteiger partial charge in [0.25, 0.3) is 0 Å². The van der Waals surface area contributed by atoms with Gasteiger partial charge in [-0.25, -0.2) is 4.79 Å². The molecule has 112 valence electrons. The summed E-state index contributed by atoms with van der Waals surface area (Å²) >= 11 is 5.77. The van der Waals surface area contributed by atoms with Crippen LogP contribution in [-0.4, -0.2) is 19.4 Å². The molecule has 0 saturated carbocycles. The van der Waals surface area contributed by atoms with Gasteiger partial charge in [0.1, 0.15) is 11.5 Å². The minimum absolute atomic E-state index is 0.170. The number of carbonyl (C=O) groups excluding carboxylic acids is 2. The number of ether oxygens (including phenoxy) is 2. The number of rotatable bonds is 5. The van der Waals surface area contributed by atoms with E-state index in [0.29, 0.717) is 11.3 Å². The predicted molar refractivity (Wildman–Crippen MR) is 84.5 cm³/mol. The van der Waals surface area contributed by atoms with E-state index in [1.807, 2.05) is 12.1 Å². The van der Waals surface area contributed by atoms with E-state index in [4.69, 9.17) is 21.1 Å². The molecule has 4 nitrogen and oxygen atoms in total. The summed E-state index contributed by atoms with van der Waals surface area (Å²) in [5.41, 5.74) is 1.04. The van der Waals surface area contributed by atoms with Gasteiger partial charge < -0.3 is 9.47 Å². The summed E-state index contributed by atoms with van der Waals surface area (Å²) < 4.78 is 10.2. The van der Waals surface area contributed by atoms with Crippen LogP contribution in [0.3, 0.4) is 0 Å². The van der Waals surface area contributed by atoms with Crippen LogP contribution in [0.25, 0.3) is 6.08 Å². The zero-order valence-corrected chi connectivity index (χ0v) is 12.5. The summed E-state index contributed by atoms with van der Waals surface area (Å²) in [5.74, 6) is 0.321. The number of hydrogen-bond donors (Lipinski definition) is 0. The van der Waals surface area contributed by atoms with Gasteiger partial charge in [-0.2, -0.15) is 0 Å². The fourth-order valence-corrected chi connectivity index (χ4v) is 1.91. The van der Waals surface area contributed by atoms with E-state index in [1.165, 1.54) is 18.2 Å². The van der Waals surface area contributed by atoms with Gasteiger partial charge >= 0.3 is 5.97 Å². The van der Waals surface area contributed by atoms with Gasteiger partial charge in [0, 0.05) is 11.1 Å². The third-order valence-corrected chi connectivity index (χ3v) is 3.07. The van der Waals surface area contributed by atoms with E-state index < -0.39 is 5.97 Å². The SMILES string of the molecule is COc1ccc(C=CC(=O)Oc2ccc(Cl)cc2C=O)cc1. The fourth-order valence-electron chi connectivity index (χ4n) is 1.73. The second kappa shape index (κ2) is 7.43. The fraction of sp³-hybridized carbons (Fsp3) is 0.0588. The van der Waals surface area contributed by atoms with Crippen molar-refractivity contribution in [3.63, 3.8) is 0 Å². The Kier molecular flexibility index (Phi) is 5.33. The van der Waals surface area contributed by atoms with Gasteiger partial charge in [-0.05, 0) is 42.0 Å². The van der Waals surface area contributed by atoms with E-state index in [0.717, 1.165) is 11.3 Å². The van der Waals surface area contributed by atoms with Gasteiger partial charge in [0.05, 0.1) is 12.7 Å². The van der Waals surface area contributed by atoms with Crippen molar-refractivity contribution in [2.45, 2.75) is 0 Å². The lowest BCUT2D eigenvalue weighted by Crippen LogP contribution is -2.05. The average Bonchev–Trinajstić information content (AvgIpc) is 2.55. The Morgan fingerprint density at radius 1 is 1.14 bits per heavy atom. The molecule has 0 spiro atoms. The lowest BCUT2D eigenvalue weighted by molar-refractivity contribution is -0.128. The van der Waals surface area contributed by atoms with E-state index in [-0.39, 0.29) is 11.3 Å². The van der Waals surface area contributed by atoms with Crippen LogP contribution in [0.2, 0.25) is 5.02 Å². The lowest BCUT2D eigenvalue weighted by Gasteiger charge is -2.04. The molecular weight excluding hydrogens is 304 g/mol. The normalized spacial score (nSPS) is 10.5. The van der Waals surface area contributed by atoms with Crippen LogP contribution >= 0.6 is 11.6 Å². The van der Waals surface area contributed by atoms with Crippen LogP contribution in [0.5, 0.6) is 11.5 Å². The van der Waals surface area contributed by atoms with Crippen LogP contribution in [0, 0.1) is 0 Å². The number of methoxy groups -OCH3 is 1. The van der Waals surface area contributed by atoms with Crippen LogP contribution in [-0.2, 0) is 4.79 Å². The topological polar surface area (TPSA) is 52.6 Å². The summed E-state index contributed by atoms with van der Waals surface area (Å²) in [7, 11) is 1.58. The molecule has 2 aromatic carbocycles. The number of benzene rings is 2. The predicted octanol–water partition coefficient (Wildman–Crippen LogP) is 3.78. The Hall–Kier alpha value is -2.59. The zero-order chi connectivity index (χ0) is 15.9. The van der Waals surface area contributed by atoms with Crippen LogP contribution in [0.1, 0.15) is 15.9 Å². The maximum atomic E-state index is 11.8. The molecule has 0 radical (unpaired) electrons. The number of hydrogen-bond acceptors (Lipinski definition) is 4. The molecule has 22 heavy (non-hydrogen) atoms. The van der Waals surface area contributed by atoms with Crippen molar-refractivity contribution in [3.8, 4) is 11.5 Å². The maximum absolute atomic E-state index is 11.8. The minimum Gasteiger partial charge on any atom is -0.497 e. The Labute approximate surface area is 132 Å². The molecule has 0 saturated heterocycles. The van der Waals surface area contributed by atoms with Gasteiger partial charge in [0.2, 0.25) is 0 Å². The summed E-state index contributed by atoms with van der Waals surface area (Å²) in [4.78, 5) is 22.7. The molecule has 0 bridgehead atoms. The van der Waals surface area contributed by atoms with Gasteiger partial charge in [-0.1, -0.05) is 23.7 Å². The molecule has 2 aromatic rings. The number of halogens is 1. The molecule has 0 aliphatic carbocycles. The highest BCUT2D eigenvalue weighted by molar-refractivity contribution is 6.30. The second-order valence-electron chi connectivity index (χ2n) is 4.33. The summed E-state index contributed by atoms with van der Waals surface area (Å²) in [6.07, 6.45) is 3.48. The molecule has 5 heteroatoms. The third-order valence-electron chi connectivity index (χ3n) is 2.84. The van der Waals surface area contributed by atoms with Gasteiger partial charge in [-0.15, -0.1) is 0 Å². The van der Waals surface area contributed by atoms with Crippen molar-refractivity contribution in [3.05, 3.63) is 64.7 Å². The maximum Gasteiger partial charge on any atom is 0.336 e. The minimum atomic E-state index is -0.582. The van der Waals surface area contributed by atoms with Crippen molar-refractivity contribution in [1.82, 2.24) is 0 Å². The zero-order valence-electron chi connectivity index (χ0n) is 11.8. The highest BCUT2D eigenvalue weighted by atomic mass is 35.5. The van der Waals surface area contributed by atoms with Crippen molar-refractivity contribution in [2.75, 3.05) is 7.11 Å². The summed E-state index contributed by atoms with van der Waals surface area (Å²) in [6.45, 7) is 0. The first-order valence-electron chi connectivity index (χ1n) is 6.41. The van der Waals surface area contributed by atoms with E-state index in [9.17, 15) is 9.59 Å². The quantitative estimate of drug-likeness (QED) is 0.364. The van der Waals surface area contributed by atoms with E-state index in [1.54, 1.807) is 31.4 Å². The first-order chi connectivity index (χ1) is 10.6. The molecule has 0 aromatic heterocycles. The van der Waals surface area contributed by atoms with Crippen molar-refractivity contribution >= 4 is 29.9 Å². The first-order valence-corrected chi connectivity index (χ1v) is 6.79. The van der Waals surface area contributed by atoms with Crippen LogP contribution in [0.15, 0.2) is 48.5 Å². The first kappa shape index (κ1) is 15.8. The number of esters is 1. The number of aldehydes is 1. The molecule has 0 aliphatic rings. The Balaban J connectivity index is 2.06.